The second-order valence-electron chi connectivity index (χ2n) is 10.4. The van der Waals surface area contributed by atoms with E-state index in [0.717, 1.165) is 44.8 Å². The molecule has 2 aliphatic carbocycles. The van der Waals surface area contributed by atoms with Gasteiger partial charge in [0.1, 0.15) is 6.10 Å². The summed E-state index contributed by atoms with van der Waals surface area (Å²) in [6.07, 6.45) is 7.17. The molecular weight excluding hydrogens is 406 g/mol. The quantitative estimate of drug-likeness (QED) is 0.305. The molecule has 0 aromatic heterocycles. The highest BCUT2D eigenvalue weighted by molar-refractivity contribution is 5.76. The number of esters is 1. The second kappa shape index (κ2) is 8.18. The Labute approximate surface area is 189 Å². The van der Waals surface area contributed by atoms with Gasteiger partial charge in [0.25, 0.3) is 5.69 Å². The zero-order valence-electron chi connectivity index (χ0n) is 19.0. The van der Waals surface area contributed by atoms with Gasteiger partial charge in [-0.3, -0.25) is 19.8 Å². The molecule has 2 heterocycles. The van der Waals surface area contributed by atoms with E-state index in [2.05, 4.69) is 29.7 Å². The number of fused-ring (bicyclic) bond motifs is 2. The number of nitro benzene ring substituents is 1. The van der Waals surface area contributed by atoms with Crippen LogP contribution in [0.1, 0.15) is 39.5 Å². The Hall–Kier alpha value is -2.41. The van der Waals surface area contributed by atoms with Gasteiger partial charge in [-0.1, -0.05) is 31.9 Å². The van der Waals surface area contributed by atoms with E-state index in [4.69, 9.17) is 4.74 Å². The molecule has 0 N–H and O–H groups in total. The van der Waals surface area contributed by atoms with Gasteiger partial charge in [0.15, 0.2) is 0 Å². The number of anilines is 1. The molecule has 0 radical (unpaired) electrons. The average molecular weight is 440 g/mol. The minimum atomic E-state index is -0.368. The van der Waals surface area contributed by atoms with Crippen molar-refractivity contribution in [3.8, 4) is 0 Å². The molecule has 0 unspecified atom stereocenters. The van der Waals surface area contributed by atoms with Crippen LogP contribution >= 0.6 is 0 Å². The summed E-state index contributed by atoms with van der Waals surface area (Å²) in [5.74, 6) is 0.719. The van der Waals surface area contributed by atoms with Crippen molar-refractivity contribution in [3.05, 3.63) is 46.0 Å². The van der Waals surface area contributed by atoms with Crippen LogP contribution in [0, 0.1) is 33.3 Å². The Bertz CT molecular complexity index is 922. The maximum Gasteiger partial charge on any atom is 0.311 e. The number of allylic oxidation sites excluding steroid dienone is 1. The number of ether oxygens (including phenoxy) is 1. The van der Waals surface area contributed by atoms with Crippen molar-refractivity contribution in [2.45, 2.75) is 45.6 Å². The van der Waals surface area contributed by atoms with Gasteiger partial charge in [0.2, 0.25) is 0 Å². The summed E-state index contributed by atoms with van der Waals surface area (Å²) in [6.45, 7) is 8.92. The lowest BCUT2D eigenvalue weighted by Gasteiger charge is -2.46. The number of hydrogen-bond donors (Lipinski definition) is 0. The number of nitro groups is 1. The fourth-order valence-corrected chi connectivity index (χ4v) is 6.51. The summed E-state index contributed by atoms with van der Waals surface area (Å²) in [5.41, 5.74) is 2.89. The Morgan fingerprint density at radius 2 is 1.91 bits per heavy atom. The Balaban J connectivity index is 1.23. The van der Waals surface area contributed by atoms with Gasteiger partial charge in [-0.05, 0) is 42.7 Å². The van der Waals surface area contributed by atoms with E-state index in [1.165, 1.54) is 19.3 Å². The number of non-ortho nitro benzene ring substituents is 1. The van der Waals surface area contributed by atoms with Crippen LogP contribution in [0.2, 0.25) is 0 Å². The van der Waals surface area contributed by atoms with Crippen molar-refractivity contribution < 1.29 is 14.5 Å². The van der Waals surface area contributed by atoms with Gasteiger partial charge in [-0.2, -0.15) is 0 Å². The molecule has 5 atom stereocenters. The first-order chi connectivity index (χ1) is 15.3. The van der Waals surface area contributed by atoms with E-state index in [9.17, 15) is 14.9 Å². The maximum absolute atomic E-state index is 12.8. The maximum atomic E-state index is 12.8. The summed E-state index contributed by atoms with van der Waals surface area (Å²) in [5, 5.41) is 10.9. The SMILES string of the molecule is C[C@H]1CCC[C@]2(C)C[C@H]3OC(=O)[C@@H](CN4CCN(c5ccc([N+](=O)[O-])cc5)CC4)[C@H]3C=C12. The van der Waals surface area contributed by atoms with Gasteiger partial charge in [-0.25, -0.2) is 0 Å². The summed E-state index contributed by atoms with van der Waals surface area (Å²) >= 11 is 0. The minimum Gasteiger partial charge on any atom is -0.461 e. The Morgan fingerprint density at radius 1 is 1.19 bits per heavy atom. The lowest BCUT2D eigenvalue weighted by molar-refractivity contribution is -0.384. The van der Waals surface area contributed by atoms with Crippen LogP contribution in [0.15, 0.2) is 35.9 Å². The molecule has 172 valence electrons. The van der Waals surface area contributed by atoms with Crippen LogP contribution in [0.3, 0.4) is 0 Å². The first-order valence-electron chi connectivity index (χ1n) is 12.0. The lowest BCUT2D eigenvalue weighted by atomic mass is 9.59. The van der Waals surface area contributed by atoms with Crippen molar-refractivity contribution >= 4 is 17.3 Å². The molecule has 3 fully saturated rings. The third-order valence-corrected chi connectivity index (χ3v) is 8.33. The molecule has 4 aliphatic rings. The number of carbonyl (C=O) groups is 1. The first-order valence-corrected chi connectivity index (χ1v) is 12.0. The predicted octanol–water partition coefficient (Wildman–Crippen LogP) is 4.03. The highest BCUT2D eigenvalue weighted by Gasteiger charge is 2.52. The highest BCUT2D eigenvalue weighted by Crippen LogP contribution is 2.54. The molecule has 0 amide bonds. The van der Waals surface area contributed by atoms with Crippen molar-refractivity contribution in [3.63, 3.8) is 0 Å². The predicted molar refractivity (Wildman–Crippen MR) is 122 cm³/mol. The van der Waals surface area contributed by atoms with Gasteiger partial charge in [-0.15, -0.1) is 0 Å². The van der Waals surface area contributed by atoms with E-state index in [1.807, 2.05) is 12.1 Å². The molecule has 1 aromatic rings. The molecule has 5 rings (SSSR count). The van der Waals surface area contributed by atoms with Crippen LogP contribution in [0.25, 0.3) is 0 Å². The van der Waals surface area contributed by atoms with Crippen molar-refractivity contribution in [1.82, 2.24) is 4.90 Å². The third-order valence-electron chi connectivity index (χ3n) is 8.33. The average Bonchev–Trinajstić information content (AvgIpc) is 3.06. The molecule has 7 nitrogen and oxygen atoms in total. The number of piperazine rings is 1. The molecule has 2 aliphatic heterocycles. The van der Waals surface area contributed by atoms with Gasteiger partial charge in [0.05, 0.1) is 10.8 Å². The summed E-state index contributed by atoms with van der Waals surface area (Å²) < 4.78 is 5.91. The summed E-state index contributed by atoms with van der Waals surface area (Å²) in [4.78, 5) is 28.0. The van der Waals surface area contributed by atoms with E-state index < -0.39 is 0 Å². The second-order valence-corrected chi connectivity index (χ2v) is 10.4. The van der Waals surface area contributed by atoms with Crippen molar-refractivity contribution in [2.24, 2.45) is 23.2 Å². The zero-order chi connectivity index (χ0) is 22.5. The monoisotopic (exact) mass is 439 g/mol. The van der Waals surface area contributed by atoms with Gasteiger partial charge >= 0.3 is 5.97 Å². The first kappa shape index (κ1) is 21.4. The molecule has 1 saturated carbocycles. The van der Waals surface area contributed by atoms with Crippen LogP contribution < -0.4 is 4.90 Å². The van der Waals surface area contributed by atoms with Crippen molar-refractivity contribution in [2.75, 3.05) is 37.6 Å². The molecule has 0 spiro atoms. The number of benzene rings is 1. The fourth-order valence-electron chi connectivity index (χ4n) is 6.51. The fraction of sp³-hybridized carbons (Fsp3) is 0.640. The number of hydrogen-bond acceptors (Lipinski definition) is 6. The topological polar surface area (TPSA) is 75.9 Å². The smallest absolute Gasteiger partial charge is 0.311 e. The summed E-state index contributed by atoms with van der Waals surface area (Å²) in [6, 6.07) is 6.77. The lowest BCUT2D eigenvalue weighted by Crippen LogP contribution is -2.49. The molecular formula is C25H33N3O4. The molecule has 0 bridgehead atoms. The molecule has 1 aromatic carbocycles. The standard InChI is InChI=1S/C25H33N3O4/c1-17-4-3-9-25(2)15-23-20(14-22(17)25)21(24(29)32-23)16-26-10-12-27(13-11-26)18-5-7-19(8-6-18)28(30)31/h5-8,14,17,20-21,23H,3-4,9-13,15-16H2,1-2H3/t17-,20+,21-,23+,25+/m0/s1. The van der Waals surface area contributed by atoms with E-state index >= 15 is 0 Å². The number of nitrogens with zero attached hydrogens (tertiary/aromatic N) is 3. The Morgan fingerprint density at radius 3 is 2.59 bits per heavy atom. The number of carbonyl (C=O) groups excluding carboxylic acids is 1. The summed E-state index contributed by atoms with van der Waals surface area (Å²) in [7, 11) is 0. The van der Waals surface area contributed by atoms with E-state index in [0.29, 0.717) is 5.92 Å². The normalized spacial score (nSPS) is 35.0. The largest absolute Gasteiger partial charge is 0.461 e. The van der Waals surface area contributed by atoms with Gasteiger partial charge in [0, 0.05) is 56.5 Å². The highest BCUT2D eigenvalue weighted by atomic mass is 16.6. The van der Waals surface area contributed by atoms with Crippen LogP contribution in [0.5, 0.6) is 0 Å². The van der Waals surface area contributed by atoms with Crippen LogP contribution in [-0.4, -0.2) is 54.6 Å². The van der Waals surface area contributed by atoms with Crippen LogP contribution in [0.4, 0.5) is 11.4 Å². The van der Waals surface area contributed by atoms with E-state index in [1.54, 1.807) is 17.7 Å². The number of rotatable bonds is 4. The molecule has 32 heavy (non-hydrogen) atoms. The third kappa shape index (κ3) is 3.81. The minimum absolute atomic E-state index is 0.0236. The van der Waals surface area contributed by atoms with Crippen molar-refractivity contribution in [1.29, 1.82) is 0 Å². The Kier molecular flexibility index (Phi) is 5.48. The van der Waals surface area contributed by atoms with Crippen LogP contribution in [-0.2, 0) is 9.53 Å². The molecule has 2 saturated heterocycles. The molecule has 7 heteroatoms. The van der Waals surface area contributed by atoms with Gasteiger partial charge < -0.3 is 9.64 Å². The zero-order valence-corrected chi connectivity index (χ0v) is 19.0. The van der Waals surface area contributed by atoms with E-state index in [-0.39, 0.29) is 39.9 Å².